The van der Waals surface area contributed by atoms with E-state index in [4.69, 9.17) is 11.0 Å². The molecular formula is C8H12N2O. The molecule has 0 radical (unpaired) electrons. The van der Waals surface area contributed by atoms with Gasteiger partial charge in [0.2, 0.25) is 5.91 Å². The summed E-state index contributed by atoms with van der Waals surface area (Å²) in [6, 6.07) is 1.95. The number of carbonyl (C=O) groups excluding carboxylic acids is 1. The third kappa shape index (κ3) is 1.70. The Morgan fingerprint density at radius 1 is 1.73 bits per heavy atom. The highest BCUT2D eigenvalue weighted by Gasteiger charge is 2.35. The molecule has 1 saturated carbocycles. The monoisotopic (exact) mass is 152 g/mol. The predicted octanol–water partition coefficient (Wildman–Crippen LogP) is 0.658. The maximum Gasteiger partial charge on any atom is 0.235 e. The van der Waals surface area contributed by atoms with Crippen LogP contribution in [0.4, 0.5) is 0 Å². The van der Waals surface area contributed by atoms with Crippen molar-refractivity contribution in [1.29, 1.82) is 5.26 Å². The van der Waals surface area contributed by atoms with Gasteiger partial charge in [0.25, 0.3) is 0 Å². The molecule has 1 aliphatic carbocycles. The summed E-state index contributed by atoms with van der Waals surface area (Å²) >= 11 is 0. The normalized spacial score (nSPS) is 21.8. The second kappa shape index (κ2) is 2.91. The van der Waals surface area contributed by atoms with Crippen LogP contribution in [0.15, 0.2) is 0 Å². The Bertz CT molecular complexity index is 203. The second-order valence-corrected chi connectivity index (χ2v) is 3.21. The first-order chi connectivity index (χ1) is 5.16. The minimum absolute atomic E-state index is 0.150. The van der Waals surface area contributed by atoms with E-state index in [0.717, 1.165) is 12.8 Å². The van der Waals surface area contributed by atoms with Crippen molar-refractivity contribution in [3.63, 3.8) is 0 Å². The fourth-order valence-electron chi connectivity index (χ4n) is 1.33. The Kier molecular flexibility index (Phi) is 2.13. The SMILES string of the molecule is CC(C1CC1)C(C#N)C(N)=O. The van der Waals surface area contributed by atoms with Crippen LogP contribution in [0.3, 0.4) is 0 Å². The van der Waals surface area contributed by atoms with E-state index in [9.17, 15) is 4.79 Å². The number of hydrogen-bond acceptors (Lipinski definition) is 2. The second-order valence-electron chi connectivity index (χ2n) is 3.21. The van der Waals surface area contributed by atoms with Crippen molar-refractivity contribution < 1.29 is 4.79 Å². The average molecular weight is 152 g/mol. The van der Waals surface area contributed by atoms with Crippen molar-refractivity contribution in [3.05, 3.63) is 0 Å². The number of nitrogens with zero attached hydrogens (tertiary/aromatic N) is 1. The lowest BCUT2D eigenvalue weighted by atomic mass is 9.90. The molecule has 0 aromatic rings. The van der Waals surface area contributed by atoms with Crippen LogP contribution in [0.1, 0.15) is 19.8 Å². The lowest BCUT2D eigenvalue weighted by molar-refractivity contribution is -0.121. The molecule has 1 aliphatic rings. The standard InChI is InChI=1S/C8H12N2O/c1-5(6-2-3-6)7(4-9)8(10)11/h5-7H,2-3H2,1H3,(H2,10,11). The summed E-state index contributed by atoms with van der Waals surface area (Å²) in [6.45, 7) is 1.93. The molecule has 3 heteroatoms. The van der Waals surface area contributed by atoms with Crippen molar-refractivity contribution in [2.75, 3.05) is 0 Å². The van der Waals surface area contributed by atoms with Gasteiger partial charge in [0.1, 0.15) is 5.92 Å². The zero-order valence-electron chi connectivity index (χ0n) is 6.58. The van der Waals surface area contributed by atoms with Gasteiger partial charge in [-0.05, 0) is 24.7 Å². The van der Waals surface area contributed by atoms with Crippen LogP contribution >= 0.6 is 0 Å². The molecule has 2 atom stereocenters. The lowest BCUT2D eigenvalue weighted by Gasteiger charge is -2.12. The van der Waals surface area contributed by atoms with E-state index in [-0.39, 0.29) is 5.92 Å². The number of nitriles is 1. The number of amides is 1. The molecule has 1 rings (SSSR count). The smallest absolute Gasteiger partial charge is 0.235 e. The van der Waals surface area contributed by atoms with Gasteiger partial charge in [0, 0.05) is 0 Å². The van der Waals surface area contributed by atoms with Crippen LogP contribution in [0.25, 0.3) is 0 Å². The van der Waals surface area contributed by atoms with E-state index in [1.807, 2.05) is 13.0 Å². The van der Waals surface area contributed by atoms with Gasteiger partial charge in [-0.2, -0.15) is 5.26 Å². The Morgan fingerprint density at radius 2 is 2.27 bits per heavy atom. The number of hydrogen-bond donors (Lipinski definition) is 1. The third-order valence-corrected chi connectivity index (χ3v) is 2.34. The van der Waals surface area contributed by atoms with E-state index >= 15 is 0 Å². The van der Waals surface area contributed by atoms with Gasteiger partial charge < -0.3 is 5.73 Å². The van der Waals surface area contributed by atoms with Crippen molar-refractivity contribution in [3.8, 4) is 6.07 Å². The molecule has 60 valence electrons. The molecular weight excluding hydrogens is 140 g/mol. The zero-order chi connectivity index (χ0) is 8.43. The molecule has 11 heavy (non-hydrogen) atoms. The van der Waals surface area contributed by atoms with Crippen molar-refractivity contribution >= 4 is 5.91 Å². The molecule has 2 unspecified atom stereocenters. The van der Waals surface area contributed by atoms with Crippen LogP contribution in [0.2, 0.25) is 0 Å². The number of rotatable bonds is 3. The van der Waals surface area contributed by atoms with Gasteiger partial charge >= 0.3 is 0 Å². The van der Waals surface area contributed by atoms with Gasteiger partial charge in [-0.15, -0.1) is 0 Å². The summed E-state index contributed by atoms with van der Waals surface area (Å²) in [5, 5.41) is 8.59. The molecule has 0 aromatic carbocycles. The molecule has 1 amide bonds. The molecule has 0 aromatic heterocycles. The average Bonchev–Trinajstić information content (AvgIpc) is 2.68. The topological polar surface area (TPSA) is 66.9 Å². The lowest BCUT2D eigenvalue weighted by Crippen LogP contribution is -2.28. The van der Waals surface area contributed by atoms with Gasteiger partial charge in [0.05, 0.1) is 6.07 Å². The summed E-state index contributed by atoms with van der Waals surface area (Å²) < 4.78 is 0. The van der Waals surface area contributed by atoms with Crippen LogP contribution in [-0.2, 0) is 4.79 Å². The van der Waals surface area contributed by atoms with E-state index < -0.39 is 11.8 Å². The molecule has 0 heterocycles. The first-order valence-corrected chi connectivity index (χ1v) is 3.85. The molecule has 3 nitrogen and oxygen atoms in total. The van der Waals surface area contributed by atoms with Gasteiger partial charge in [0.15, 0.2) is 0 Å². The van der Waals surface area contributed by atoms with Crippen molar-refractivity contribution in [2.45, 2.75) is 19.8 Å². The fraction of sp³-hybridized carbons (Fsp3) is 0.750. The molecule has 2 N–H and O–H groups in total. The fourth-order valence-corrected chi connectivity index (χ4v) is 1.33. The largest absolute Gasteiger partial charge is 0.369 e. The summed E-state index contributed by atoms with van der Waals surface area (Å²) in [5.74, 6) is -0.348. The van der Waals surface area contributed by atoms with E-state index in [1.165, 1.54) is 0 Å². The van der Waals surface area contributed by atoms with E-state index in [2.05, 4.69) is 0 Å². The summed E-state index contributed by atoms with van der Waals surface area (Å²) in [4.78, 5) is 10.7. The quantitative estimate of drug-likeness (QED) is 0.645. The Morgan fingerprint density at radius 3 is 2.55 bits per heavy atom. The Hall–Kier alpha value is -1.04. The highest BCUT2D eigenvalue weighted by molar-refractivity contribution is 5.79. The minimum atomic E-state index is -0.581. The van der Waals surface area contributed by atoms with Gasteiger partial charge in [-0.3, -0.25) is 4.79 Å². The van der Waals surface area contributed by atoms with E-state index in [1.54, 1.807) is 0 Å². The molecule has 0 spiro atoms. The number of primary amides is 1. The van der Waals surface area contributed by atoms with Crippen LogP contribution in [0, 0.1) is 29.1 Å². The van der Waals surface area contributed by atoms with Crippen molar-refractivity contribution in [2.24, 2.45) is 23.5 Å². The molecule has 1 fully saturated rings. The highest BCUT2D eigenvalue weighted by Crippen LogP contribution is 2.39. The highest BCUT2D eigenvalue weighted by atomic mass is 16.1. The summed E-state index contributed by atoms with van der Waals surface area (Å²) in [7, 11) is 0. The minimum Gasteiger partial charge on any atom is -0.369 e. The van der Waals surface area contributed by atoms with Crippen molar-refractivity contribution in [1.82, 2.24) is 0 Å². The van der Waals surface area contributed by atoms with Crippen LogP contribution in [-0.4, -0.2) is 5.91 Å². The Balaban J connectivity index is 2.54. The predicted molar refractivity (Wildman–Crippen MR) is 40.2 cm³/mol. The summed E-state index contributed by atoms with van der Waals surface area (Å²) in [6.07, 6.45) is 2.29. The molecule has 0 aliphatic heterocycles. The number of nitrogens with two attached hydrogens (primary N) is 1. The first-order valence-electron chi connectivity index (χ1n) is 3.85. The number of carbonyl (C=O) groups is 1. The van der Waals surface area contributed by atoms with Crippen LogP contribution in [0.5, 0.6) is 0 Å². The van der Waals surface area contributed by atoms with Crippen LogP contribution < -0.4 is 5.73 Å². The van der Waals surface area contributed by atoms with Gasteiger partial charge in [-0.1, -0.05) is 6.92 Å². The Labute approximate surface area is 66.2 Å². The zero-order valence-corrected chi connectivity index (χ0v) is 6.58. The first kappa shape index (κ1) is 8.06. The van der Waals surface area contributed by atoms with Gasteiger partial charge in [-0.25, -0.2) is 0 Å². The maximum atomic E-state index is 10.7. The third-order valence-electron chi connectivity index (χ3n) is 2.34. The maximum absolute atomic E-state index is 10.7. The molecule has 0 bridgehead atoms. The molecule has 0 saturated heterocycles. The summed E-state index contributed by atoms with van der Waals surface area (Å²) in [5.41, 5.74) is 5.05. The van der Waals surface area contributed by atoms with E-state index in [0.29, 0.717) is 5.92 Å².